The smallest absolute Gasteiger partial charge is 0.0350 e. The molecule has 0 bridgehead atoms. The molecule has 1 nitrogen and oxygen atoms in total. The summed E-state index contributed by atoms with van der Waals surface area (Å²) in [5.41, 5.74) is 3.15. The van der Waals surface area contributed by atoms with Crippen LogP contribution in [0.4, 0.5) is 0 Å². The standard InChI is InChI=1S/C15H23N/c1-3-5-8-14-13(4-2)10-12-16-11-7-6-9-15(14)16/h3-5,8,15H,6-7,9-12H2,1-2H3/b5-3-,13-4-,14-8+. The molecule has 2 aliphatic heterocycles. The quantitative estimate of drug-likeness (QED) is 0.647. The van der Waals surface area contributed by atoms with Crippen LogP contribution in [0.2, 0.25) is 0 Å². The molecule has 0 aromatic heterocycles. The molecule has 2 heterocycles. The van der Waals surface area contributed by atoms with Gasteiger partial charge in [-0.05, 0) is 50.8 Å². The number of rotatable bonds is 1. The van der Waals surface area contributed by atoms with Crippen molar-refractivity contribution in [2.45, 2.75) is 45.6 Å². The van der Waals surface area contributed by atoms with Gasteiger partial charge in [0.1, 0.15) is 0 Å². The van der Waals surface area contributed by atoms with Crippen molar-refractivity contribution in [1.82, 2.24) is 4.90 Å². The average molecular weight is 217 g/mol. The van der Waals surface area contributed by atoms with Crippen molar-refractivity contribution in [3.05, 3.63) is 35.5 Å². The Balaban J connectivity index is 2.25. The van der Waals surface area contributed by atoms with Crippen LogP contribution in [-0.4, -0.2) is 24.0 Å². The molecule has 1 heteroatoms. The van der Waals surface area contributed by atoms with Crippen LogP contribution in [0.25, 0.3) is 0 Å². The van der Waals surface area contributed by atoms with E-state index in [-0.39, 0.29) is 0 Å². The summed E-state index contributed by atoms with van der Waals surface area (Å²) in [6.45, 7) is 6.83. The molecule has 0 radical (unpaired) electrons. The van der Waals surface area contributed by atoms with Gasteiger partial charge in [0, 0.05) is 12.6 Å². The molecule has 0 aliphatic carbocycles. The third kappa shape index (κ3) is 2.30. The molecule has 1 unspecified atom stereocenters. The van der Waals surface area contributed by atoms with Crippen molar-refractivity contribution < 1.29 is 0 Å². The van der Waals surface area contributed by atoms with E-state index in [2.05, 4.69) is 43.1 Å². The highest BCUT2D eigenvalue weighted by molar-refractivity contribution is 5.40. The minimum absolute atomic E-state index is 0.699. The molecule has 2 fully saturated rings. The molecule has 16 heavy (non-hydrogen) atoms. The highest BCUT2D eigenvalue weighted by Gasteiger charge is 2.30. The van der Waals surface area contributed by atoms with Gasteiger partial charge in [0.05, 0.1) is 0 Å². The molecule has 1 atom stereocenters. The molecule has 0 amide bonds. The topological polar surface area (TPSA) is 3.24 Å². The van der Waals surface area contributed by atoms with Crippen molar-refractivity contribution in [2.24, 2.45) is 0 Å². The van der Waals surface area contributed by atoms with Crippen LogP contribution < -0.4 is 0 Å². The Labute approximate surface area is 99.5 Å². The predicted molar refractivity (Wildman–Crippen MR) is 70.5 cm³/mol. The van der Waals surface area contributed by atoms with Crippen molar-refractivity contribution in [2.75, 3.05) is 13.1 Å². The van der Waals surface area contributed by atoms with E-state index in [4.69, 9.17) is 0 Å². The lowest BCUT2D eigenvalue weighted by atomic mass is 9.84. The van der Waals surface area contributed by atoms with Crippen molar-refractivity contribution in [3.63, 3.8) is 0 Å². The summed E-state index contributed by atoms with van der Waals surface area (Å²) >= 11 is 0. The van der Waals surface area contributed by atoms with Gasteiger partial charge in [0.15, 0.2) is 0 Å². The summed E-state index contributed by atoms with van der Waals surface area (Å²) in [4.78, 5) is 2.67. The van der Waals surface area contributed by atoms with Crippen molar-refractivity contribution in [1.29, 1.82) is 0 Å². The zero-order valence-corrected chi connectivity index (χ0v) is 10.6. The van der Waals surface area contributed by atoms with E-state index in [0.29, 0.717) is 6.04 Å². The fraction of sp³-hybridized carbons (Fsp3) is 0.600. The molecule has 0 saturated carbocycles. The van der Waals surface area contributed by atoms with Gasteiger partial charge in [-0.3, -0.25) is 4.90 Å². The van der Waals surface area contributed by atoms with Crippen LogP contribution in [0.3, 0.4) is 0 Å². The SMILES string of the molecule is C\C=C/C=C1\C(=C/C)CCN2CCCCC12. The molecule has 0 spiro atoms. The highest BCUT2D eigenvalue weighted by Crippen LogP contribution is 2.33. The minimum Gasteiger partial charge on any atom is -0.296 e. The molecule has 2 aliphatic rings. The number of hydrogen-bond donors (Lipinski definition) is 0. The normalized spacial score (nSPS) is 32.5. The van der Waals surface area contributed by atoms with Gasteiger partial charge in [0.25, 0.3) is 0 Å². The summed E-state index contributed by atoms with van der Waals surface area (Å²) in [5, 5.41) is 0. The van der Waals surface area contributed by atoms with E-state index in [9.17, 15) is 0 Å². The molecule has 0 N–H and O–H groups in total. The Hall–Kier alpha value is -0.820. The van der Waals surface area contributed by atoms with E-state index < -0.39 is 0 Å². The van der Waals surface area contributed by atoms with Crippen LogP contribution in [0.15, 0.2) is 35.5 Å². The molecular weight excluding hydrogens is 194 g/mol. The fourth-order valence-corrected chi connectivity index (χ4v) is 2.96. The van der Waals surface area contributed by atoms with E-state index >= 15 is 0 Å². The van der Waals surface area contributed by atoms with Crippen LogP contribution in [0, 0.1) is 0 Å². The third-order valence-electron chi connectivity index (χ3n) is 3.83. The zero-order chi connectivity index (χ0) is 11.4. The fourth-order valence-electron chi connectivity index (χ4n) is 2.96. The molecule has 0 aromatic rings. The number of hydrogen-bond acceptors (Lipinski definition) is 1. The monoisotopic (exact) mass is 217 g/mol. The minimum atomic E-state index is 0.699. The second-order valence-corrected chi connectivity index (χ2v) is 4.76. The van der Waals surface area contributed by atoms with Crippen LogP contribution >= 0.6 is 0 Å². The van der Waals surface area contributed by atoms with E-state index in [1.807, 2.05) is 0 Å². The predicted octanol–water partition coefficient (Wildman–Crippen LogP) is 3.69. The average Bonchev–Trinajstić information content (AvgIpc) is 2.35. The van der Waals surface area contributed by atoms with Crippen molar-refractivity contribution in [3.8, 4) is 0 Å². The van der Waals surface area contributed by atoms with Crippen LogP contribution in [0.1, 0.15) is 39.5 Å². The van der Waals surface area contributed by atoms with E-state index in [0.717, 1.165) is 0 Å². The number of allylic oxidation sites excluding steroid dienone is 4. The van der Waals surface area contributed by atoms with Gasteiger partial charge in [0.2, 0.25) is 0 Å². The first-order valence-electron chi connectivity index (χ1n) is 6.59. The Morgan fingerprint density at radius 1 is 1.19 bits per heavy atom. The van der Waals surface area contributed by atoms with Gasteiger partial charge in [-0.2, -0.15) is 0 Å². The highest BCUT2D eigenvalue weighted by atomic mass is 15.2. The second-order valence-electron chi connectivity index (χ2n) is 4.76. The molecule has 88 valence electrons. The van der Waals surface area contributed by atoms with E-state index in [1.54, 1.807) is 11.1 Å². The van der Waals surface area contributed by atoms with Gasteiger partial charge >= 0.3 is 0 Å². The Bertz CT molecular complexity index is 322. The van der Waals surface area contributed by atoms with Gasteiger partial charge in [-0.25, -0.2) is 0 Å². The first kappa shape index (κ1) is 11.7. The van der Waals surface area contributed by atoms with Crippen LogP contribution in [-0.2, 0) is 0 Å². The largest absolute Gasteiger partial charge is 0.296 e. The lowest BCUT2D eigenvalue weighted by molar-refractivity contribution is 0.162. The number of fused-ring (bicyclic) bond motifs is 1. The maximum atomic E-state index is 2.67. The lowest BCUT2D eigenvalue weighted by Crippen LogP contribution is -2.44. The first-order valence-corrected chi connectivity index (χ1v) is 6.59. The summed E-state index contributed by atoms with van der Waals surface area (Å²) in [5.74, 6) is 0. The zero-order valence-electron chi connectivity index (χ0n) is 10.6. The summed E-state index contributed by atoms with van der Waals surface area (Å²) in [6, 6.07) is 0.699. The Kier molecular flexibility index (Phi) is 4.00. The maximum absolute atomic E-state index is 2.67. The van der Waals surface area contributed by atoms with Gasteiger partial charge in [-0.15, -0.1) is 0 Å². The second kappa shape index (κ2) is 5.49. The number of piperidine rings is 2. The maximum Gasteiger partial charge on any atom is 0.0350 e. The Morgan fingerprint density at radius 3 is 2.81 bits per heavy atom. The third-order valence-corrected chi connectivity index (χ3v) is 3.83. The molecular formula is C15H23N. The summed E-state index contributed by atoms with van der Waals surface area (Å²) in [6.07, 6.45) is 14.3. The summed E-state index contributed by atoms with van der Waals surface area (Å²) < 4.78 is 0. The van der Waals surface area contributed by atoms with Crippen molar-refractivity contribution >= 4 is 0 Å². The van der Waals surface area contributed by atoms with Crippen LogP contribution in [0.5, 0.6) is 0 Å². The molecule has 0 aromatic carbocycles. The number of nitrogens with zero attached hydrogens (tertiary/aromatic N) is 1. The molecule has 2 rings (SSSR count). The first-order chi connectivity index (χ1) is 7.86. The Morgan fingerprint density at radius 2 is 2.06 bits per heavy atom. The molecule has 2 saturated heterocycles. The van der Waals surface area contributed by atoms with E-state index in [1.165, 1.54) is 38.8 Å². The van der Waals surface area contributed by atoms with Gasteiger partial charge in [-0.1, -0.05) is 30.7 Å². The van der Waals surface area contributed by atoms with Gasteiger partial charge < -0.3 is 0 Å². The lowest BCUT2D eigenvalue weighted by Gasteiger charge is -2.42. The summed E-state index contributed by atoms with van der Waals surface area (Å²) in [7, 11) is 0.